The van der Waals surface area contributed by atoms with Crippen LogP contribution in [0, 0.1) is 6.92 Å². The van der Waals surface area contributed by atoms with Gasteiger partial charge in [0.1, 0.15) is 0 Å². The highest BCUT2D eigenvalue weighted by Gasteiger charge is 2.27. The lowest BCUT2D eigenvalue weighted by molar-refractivity contribution is 0.319. The molecule has 4 heterocycles. The number of aryl methyl sites for hydroxylation is 3. The number of hydrogen-bond donors (Lipinski definition) is 1. The third-order valence-corrected chi connectivity index (χ3v) is 5.29. The van der Waals surface area contributed by atoms with Gasteiger partial charge in [-0.05, 0) is 62.3 Å². The predicted molar refractivity (Wildman–Crippen MR) is 105 cm³/mol. The Morgan fingerprint density at radius 1 is 0.889 bits per heavy atom. The lowest BCUT2D eigenvalue weighted by atomic mass is 9.90. The van der Waals surface area contributed by atoms with E-state index in [0.717, 1.165) is 31.4 Å². The average Bonchev–Trinajstić information content (AvgIpc) is 2.74. The van der Waals surface area contributed by atoms with Crippen LogP contribution in [0.4, 0.5) is 0 Å². The van der Waals surface area contributed by atoms with Crippen LogP contribution in [-0.2, 0) is 12.8 Å². The molecular formula is C22H25N5. The standard InChI is InChI=1S/C22H25N5/c1-16-5-3-11-25-21(16)19-7-2-8-20(27-19)22-17(6-4-12-26-22)9-10-18-15-23-13-14-24-18/h3-6,11-15,19-20,27H,2,7-10H2,1H3/t19-,20+/m0/s1. The molecule has 1 saturated heterocycles. The molecule has 1 fully saturated rings. The van der Waals surface area contributed by atoms with Crippen LogP contribution in [0.25, 0.3) is 0 Å². The topological polar surface area (TPSA) is 63.6 Å². The van der Waals surface area contributed by atoms with E-state index in [0.29, 0.717) is 6.04 Å². The second-order valence-corrected chi connectivity index (χ2v) is 7.15. The summed E-state index contributed by atoms with van der Waals surface area (Å²) >= 11 is 0. The van der Waals surface area contributed by atoms with E-state index in [4.69, 9.17) is 4.98 Å². The van der Waals surface area contributed by atoms with Crippen LogP contribution < -0.4 is 5.32 Å². The number of rotatable bonds is 5. The fourth-order valence-corrected chi connectivity index (χ4v) is 3.93. The number of piperidine rings is 1. The summed E-state index contributed by atoms with van der Waals surface area (Å²) in [6.45, 7) is 2.14. The zero-order chi connectivity index (χ0) is 18.5. The zero-order valence-electron chi connectivity index (χ0n) is 15.7. The van der Waals surface area contributed by atoms with Crippen LogP contribution in [-0.4, -0.2) is 19.9 Å². The molecule has 1 aliphatic heterocycles. The van der Waals surface area contributed by atoms with E-state index in [1.54, 1.807) is 12.4 Å². The molecule has 1 aliphatic rings. The van der Waals surface area contributed by atoms with Gasteiger partial charge in [-0.15, -0.1) is 0 Å². The maximum absolute atomic E-state index is 4.75. The maximum Gasteiger partial charge on any atom is 0.0605 e. The normalized spacial score (nSPS) is 19.7. The fourth-order valence-electron chi connectivity index (χ4n) is 3.93. The third-order valence-electron chi connectivity index (χ3n) is 5.29. The quantitative estimate of drug-likeness (QED) is 0.748. The Hall–Kier alpha value is -2.66. The van der Waals surface area contributed by atoms with E-state index in [-0.39, 0.29) is 6.04 Å². The van der Waals surface area contributed by atoms with Gasteiger partial charge in [-0.3, -0.25) is 19.9 Å². The van der Waals surface area contributed by atoms with Crippen molar-refractivity contribution in [3.63, 3.8) is 0 Å². The Balaban J connectivity index is 1.52. The minimum absolute atomic E-state index is 0.267. The third kappa shape index (κ3) is 4.19. The van der Waals surface area contributed by atoms with Gasteiger partial charge in [0.2, 0.25) is 0 Å². The highest BCUT2D eigenvalue weighted by Crippen LogP contribution is 2.33. The Bertz CT molecular complexity index is 881. The van der Waals surface area contributed by atoms with Crippen molar-refractivity contribution in [2.75, 3.05) is 0 Å². The molecule has 27 heavy (non-hydrogen) atoms. The minimum atomic E-state index is 0.267. The molecule has 138 valence electrons. The zero-order valence-corrected chi connectivity index (χ0v) is 15.7. The van der Waals surface area contributed by atoms with Crippen molar-refractivity contribution in [2.45, 2.75) is 51.1 Å². The lowest BCUT2D eigenvalue weighted by Gasteiger charge is -2.32. The highest BCUT2D eigenvalue weighted by atomic mass is 15.0. The molecule has 5 heteroatoms. The van der Waals surface area contributed by atoms with Crippen molar-refractivity contribution in [2.24, 2.45) is 0 Å². The monoisotopic (exact) mass is 359 g/mol. The summed E-state index contributed by atoms with van der Waals surface area (Å²) in [5.74, 6) is 0. The lowest BCUT2D eigenvalue weighted by Crippen LogP contribution is -2.33. The largest absolute Gasteiger partial charge is 0.300 e. The van der Waals surface area contributed by atoms with E-state index < -0.39 is 0 Å². The molecule has 0 aromatic carbocycles. The van der Waals surface area contributed by atoms with E-state index >= 15 is 0 Å². The first-order chi connectivity index (χ1) is 13.3. The number of aromatic nitrogens is 4. The van der Waals surface area contributed by atoms with Crippen molar-refractivity contribution in [3.8, 4) is 0 Å². The molecule has 3 aromatic rings. The van der Waals surface area contributed by atoms with E-state index in [9.17, 15) is 0 Å². The van der Waals surface area contributed by atoms with Gasteiger partial charge in [-0.1, -0.05) is 12.1 Å². The summed E-state index contributed by atoms with van der Waals surface area (Å²) in [5, 5.41) is 3.81. The molecule has 0 amide bonds. The fraction of sp³-hybridized carbons (Fsp3) is 0.364. The first-order valence-corrected chi connectivity index (χ1v) is 9.67. The molecule has 0 aliphatic carbocycles. The summed E-state index contributed by atoms with van der Waals surface area (Å²) in [4.78, 5) is 17.9. The van der Waals surface area contributed by atoms with Crippen molar-refractivity contribution in [1.29, 1.82) is 0 Å². The molecular weight excluding hydrogens is 334 g/mol. The smallest absolute Gasteiger partial charge is 0.0605 e. The Kier molecular flexibility index (Phi) is 5.49. The number of nitrogens with zero attached hydrogens (tertiary/aromatic N) is 4. The number of nitrogens with one attached hydrogen (secondary N) is 1. The number of pyridine rings is 2. The van der Waals surface area contributed by atoms with Crippen LogP contribution in [0.15, 0.2) is 55.2 Å². The van der Waals surface area contributed by atoms with Crippen molar-refractivity contribution in [1.82, 2.24) is 25.3 Å². The van der Waals surface area contributed by atoms with Gasteiger partial charge in [0.05, 0.1) is 29.2 Å². The molecule has 3 aromatic heterocycles. The Morgan fingerprint density at radius 2 is 1.67 bits per heavy atom. The average molecular weight is 359 g/mol. The van der Waals surface area contributed by atoms with Gasteiger partial charge in [-0.25, -0.2) is 0 Å². The van der Waals surface area contributed by atoms with Gasteiger partial charge in [0, 0.05) is 31.0 Å². The molecule has 4 rings (SSSR count). The number of hydrogen-bond acceptors (Lipinski definition) is 5. The second-order valence-electron chi connectivity index (χ2n) is 7.15. The first-order valence-electron chi connectivity index (χ1n) is 9.67. The van der Waals surface area contributed by atoms with Gasteiger partial charge < -0.3 is 5.32 Å². The maximum atomic E-state index is 4.75. The summed E-state index contributed by atoms with van der Waals surface area (Å²) < 4.78 is 0. The van der Waals surface area contributed by atoms with Gasteiger partial charge in [-0.2, -0.15) is 0 Å². The predicted octanol–water partition coefficient (Wildman–Crippen LogP) is 3.92. The summed E-state index contributed by atoms with van der Waals surface area (Å²) in [6.07, 6.45) is 14.3. The van der Waals surface area contributed by atoms with Gasteiger partial charge in [0.25, 0.3) is 0 Å². The van der Waals surface area contributed by atoms with Crippen LogP contribution in [0.2, 0.25) is 0 Å². The Labute approximate surface area is 160 Å². The summed E-state index contributed by atoms with van der Waals surface area (Å²) in [7, 11) is 0. The molecule has 0 bridgehead atoms. The van der Waals surface area contributed by atoms with Crippen LogP contribution in [0.3, 0.4) is 0 Å². The van der Waals surface area contributed by atoms with Crippen LogP contribution >= 0.6 is 0 Å². The van der Waals surface area contributed by atoms with Crippen molar-refractivity contribution < 1.29 is 0 Å². The summed E-state index contributed by atoms with van der Waals surface area (Å²) in [6, 6.07) is 8.92. The molecule has 2 atom stereocenters. The summed E-state index contributed by atoms with van der Waals surface area (Å²) in [5.41, 5.74) is 5.89. The van der Waals surface area contributed by atoms with Crippen molar-refractivity contribution in [3.05, 3.63) is 83.5 Å². The molecule has 0 unspecified atom stereocenters. The molecule has 0 radical (unpaired) electrons. The van der Waals surface area contributed by atoms with Gasteiger partial charge in [0.15, 0.2) is 0 Å². The molecule has 5 nitrogen and oxygen atoms in total. The highest BCUT2D eigenvalue weighted by molar-refractivity contribution is 5.27. The van der Waals surface area contributed by atoms with E-state index in [1.165, 1.54) is 28.9 Å². The van der Waals surface area contributed by atoms with E-state index in [1.807, 2.05) is 30.7 Å². The molecule has 0 saturated carbocycles. The first kappa shape index (κ1) is 17.7. The van der Waals surface area contributed by atoms with Crippen LogP contribution in [0.1, 0.15) is 59.6 Å². The Morgan fingerprint density at radius 3 is 2.44 bits per heavy atom. The van der Waals surface area contributed by atoms with Crippen molar-refractivity contribution >= 4 is 0 Å². The SMILES string of the molecule is Cc1cccnc1[C@@H]1CCC[C@H](c2ncccc2CCc2cnccn2)N1. The second kappa shape index (κ2) is 8.35. The van der Waals surface area contributed by atoms with Gasteiger partial charge >= 0.3 is 0 Å². The minimum Gasteiger partial charge on any atom is -0.300 e. The molecule has 1 N–H and O–H groups in total. The molecule has 0 spiro atoms. The van der Waals surface area contributed by atoms with Crippen LogP contribution in [0.5, 0.6) is 0 Å². The van der Waals surface area contributed by atoms with E-state index in [2.05, 4.69) is 39.3 Å².